The minimum Gasteiger partial charge on any atom is -0.508 e. The third-order valence-electron chi connectivity index (χ3n) is 2.76. The number of imidazole rings is 1. The summed E-state index contributed by atoms with van der Waals surface area (Å²) in [6.45, 7) is 2.05. The second-order valence-electron chi connectivity index (χ2n) is 4.16. The number of aromatic nitrogens is 2. The second-order valence-corrected chi connectivity index (χ2v) is 4.16. The van der Waals surface area contributed by atoms with Crippen LogP contribution in [0.1, 0.15) is 5.56 Å². The van der Waals surface area contributed by atoms with Gasteiger partial charge in [0, 0.05) is 11.6 Å². The van der Waals surface area contributed by atoms with Gasteiger partial charge >= 0.3 is 0 Å². The van der Waals surface area contributed by atoms with Gasteiger partial charge < -0.3 is 10.1 Å². The lowest BCUT2D eigenvalue weighted by molar-refractivity contribution is 0.476. The zero-order valence-corrected chi connectivity index (χ0v) is 9.44. The minimum absolute atomic E-state index is 0.247. The number of aromatic hydroxyl groups is 1. The van der Waals surface area contributed by atoms with Gasteiger partial charge in [-0.1, -0.05) is 23.8 Å². The van der Waals surface area contributed by atoms with Gasteiger partial charge in [0.05, 0.1) is 11.0 Å². The second kappa shape index (κ2) is 3.63. The van der Waals surface area contributed by atoms with Gasteiger partial charge in [0.15, 0.2) is 0 Å². The molecule has 0 bridgehead atoms. The lowest BCUT2D eigenvalue weighted by Crippen LogP contribution is -1.80. The molecular weight excluding hydrogens is 212 g/mol. The van der Waals surface area contributed by atoms with Gasteiger partial charge in [-0.2, -0.15) is 0 Å². The third-order valence-corrected chi connectivity index (χ3v) is 2.76. The van der Waals surface area contributed by atoms with Crippen LogP contribution in [0, 0.1) is 6.92 Å². The summed E-state index contributed by atoms with van der Waals surface area (Å²) in [5, 5.41) is 9.41. The lowest BCUT2D eigenvalue weighted by atomic mass is 10.1. The molecule has 3 aromatic rings. The van der Waals surface area contributed by atoms with Crippen molar-refractivity contribution in [2.24, 2.45) is 0 Å². The number of benzene rings is 2. The molecule has 3 rings (SSSR count). The first-order valence-corrected chi connectivity index (χ1v) is 5.48. The molecule has 0 saturated heterocycles. The normalized spacial score (nSPS) is 10.9. The van der Waals surface area contributed by atoms with E-state index < -0.39 is 0 Å². The summed E-state index contributed by atoms with van der Waals surface area (Å²) in [7, 11) is 0. The molecule has 0 aliphatic carbocycles. The number of phenolic OH excluding ortho intramolecular Hbond substituents is 1. The van der Waals surface area contributed by atoms with Crippen LogP contribution >= 0.6 is 0 Å². The molecule has 3 nitrogen and oxygen atoms in total. The van der Waals surface area contributed by atoms with Gasteiger partial charge in [-0.15, -0.1) is 0 Å². The molecule has 2 aromatic carbocycles. The summed E-state index contributed by atoms with van der Waals surface area (Å²) in [6, 6.07) is 13.3. The van der Waals surface area contributed by atoms with Crippen LogP contribution in [-0.4, -0.2) is 15.1 Å². The van der Waals surface area contributed by atoms with Crippen LogP contribution < -0.4 is 0 Å². The van der Waals surface area contributed by atoms with Crippen molar-refractivity contribution in [3.8, 4) is 17.1 Å². The molecule has 0 spiro atoms. The number of nitrogens with zero attached hydrogens (tertiary/aromatic N) is 1. The first-order chi connectivity index (χ1) is 8.22. The van der Waals surface area contributed by atoms with E-state index in [0.717, 1.165) is 22.4 Å². The fourth-order valence-corrected chi connectivity index (χ4v) is 1.93. The van der Waals surface area contributed by atoms with E-state index in [1.807, 2.05) is 12.1 Å². The van der Waals surface area contributed by atoms with Gasteiger partial charge in [-0.3, -0.25) is 0 Å². The number of aromatic amines is 1. The molecule has 0 saturated carbocycles. The average Bonchev–Trinajstić information content (AvgIpc) is 2.72. The maximum absolute atomic E-state index is 9.41. The number of aryl methyl sites for hydroxylation is 1. The fourth-order valence-electron chi connectivity index (χ4n) is 1.93. The van der Waals surface area contributed by atoms with E-state index in [9.17, 15) is 5.11 Å². The summed E-state index contributed by atoms with van der Waals surface area (Å²) in [6.07, 6.45) is 0. The number of hydrogen-bond acceptors (Lipinski definition) is 2. The highest BCUT2D eigenvalue weighted by Gasteiger charge is 2.05. The summed E-state index contributed by atoms with van der Waals surface area (Å²) in [4.78, 5) is 7.71. The zero-order chi connectivity index (χ0) is 11.8. The highest BCUT2D eigenvalue weighted by molar-refractivity contribution is 5.80. The van der Waals surface area contributed by atoms with E-state index in [2.05, 4.69) is 29.0 Å². The minimum atomic E-state index is 0.247. The Kier molecular flexibility index (Phi) is 2.11. The lowest BCUT2D eigenvalue weighted by Gasteiger charge is -1.97. The van der Waals surface area contributed by atoms with Gasteiger partial charge in [-0.05, 0) is 25.1 Å². The number of nitrogens with one attached hydrogen (secondary N) is 1. The Morgan fingerprint density at radius 1 is 1.12 bits per heavy atom. The summed E-state index contributed by atoms with van der Waals surface area (Å²) >= 11 is 0. The number of H-pyrrole nitrogens is 1. The van der Waals surface area contributed by atoms with Crippen LogP contribution in [0.25, 0.3) is 22.4 Å². The standard InChI is InChI=1S/C14H12N2O/c1-9-3-2-4-10(7-9)14-15-12-6-5-11(17)8-13(12)16-14/h2-8,17H,1H3,(H,15,16). The van der Waals surface area contributed by atoms with Crippen molar-refractivity contribution in [3.63, 3.8) is 0 Å². The molecular formula is C14H12N2O. The van der Waals surface area contributed by atoms with Crippen molar-refractivity contribution in [3.05, 3.63) is 48.0 Å². The molecule has 0 aliphatic rings. The highest BCUT2D eigenvalue weighted by Crippen LogP contribution is 2.23. The van der Waals surface area contributed by atoms with Gasteiger partial charge in [0.25, 0.3) is 0 Å². The van der Waals surface area contributed by atoms with E-state index in [1.54, 1.807) is 18.2 Å². The molecule has 0 fully saturated rings. The number of phenols is 1. The molecule has 0 amide bonds. The fraction of sp³-hybridized carbons (Fsp3) is 0.0714. The molecule has 0 aliphatic heterocycles. The van der Waals surface area contributed by atoms with Crippen molar-refractivity contribution in [1.82, 2.24) is 9.97 Å². The van der Waals surface area contributed by atoms with Crippen molar-refractivity contribution >= 4 is 11.0 Å². The maximum atomic E-state index is 9.41. The van der Waals surface area contributed by atoms with Crippen LogP contribution in [0.3, 0.4) is 0 Å². The van der Waals surface area contributed by atoms with Gasteiger partial charge in [0.1, 0.15) is 11.6 Å². The Morgan fingerprint density at radius 2 is 2.00 bits per heavy atom. The van der Waals surface area contributed by atoms with Crippen molar-refractivity contribution in [1.29, 1.82) is 0 Å². The van der Waals surface area contributed by atoms with Crippen LogP contribution in [0.2, 0.25) is 0 Å². The smallest absolute Gasteiger partial charge is 0.138 e. The van der Waals surface area contributed by atoms with E-state index in [0.29, 0.717) is 0 Å². The first-order valence-electron chi connectivity index (χ1n) is 5.48. The monoisotopic (exact) mass is 224 g/mol. The quantitative estimate of drug-likeness (QED) is 0.666. The molecule has 3 heteroatoms. The summed E-state index contributed by atoms with van der Waals surface area (Å²) < 4.78 is 0. The zero-order valence-electron chi connectivity index (χ0n) is 9.44. The Hall–Kier alpha value is -2.29. The Labute approximate surface area is 98.8 Å². The van der Waals surface area contributed by atoms with Crippen LogP contribution in [0.15, 0.2) is 42.5 Å². The number of fused-ring (bicyclic) bond motifs is 1. The SMILES string of the molecule is Cc1cccc(-c2nc3ccc(O)cc3[nH]2)c1. The third kappa shape index (κ3) is 1.76. The summed E-state index contributed by atoms with van der Waals surface area (Å²) in [5.41, 5.74) is 3.97. The predicted molar refractivity (Wildman–Crippen MR) is 67.9 cm³/mol. The molecule has 0 radical (unpaired) electrons. The van der Waals surface area contributed by atoms with Crippen molar-refractivity contribution in [2.75, 3.05) is 0 Å². The number of rotatable bonds is 1. The summed E-state index contributed by atoms with van der Waals surface area (Å²) in [5.74, 6) is 1.08. The van der Waals surface area contributed by atoms with E-state index >= 15 is 0 Å². The van der Waals surface area contributed by atoms with Gasteiger partial charge in [0.2, 0.25) is 0 Å². The van der Waals surface area contributed by atoms with E-state index in [1.165, 1.54) is 5.56 Å². The van der Waals surface area contributed by atoms with Gasteiger partial charge in [-0.25, -0.2) is 4.98 Å². The topological polar surface area (TPSA) is 48.9 Å². The molecule has 1 aromatic heterocycles. The Morgan fingerprint density at radius 3 is 2.82 bits per heavy atom. The van der Waals surface area contributed by atoms with Crippen molar-refractivity contribution in [2.45, 2.75) is 6.92 Å². The average molecular weight is 224 g/mol. The van der Waals surface area contributed by atoms with E-state index in [-0.39, 0.29) is 5.75 Å². The molecule has 84 valence electrons. The van der Waals surface area contributed by atoms with Crippen LogP contribution in [0.4, 0.5) is 0 Å². The predicted octanol–water partition coefficient (Wildman–Crippen LogP) is 3.24. The van der Waals surface area contributed by atoms with E-state index in [4.69, 9.17) is 0 Å². The molecule has 1 heterocycles. The Balaban J connectivity index is 2.18. The first kappa shape index (κ1) is 9.90. The molecule has 0 unspecified atom stereocenters. The highest BCUT2D eigenvalue weighted by atomic mass is 16.3. The number of hydrogen-bond donors (Lipinski definition) is 2. The molecule has 2 N–H and O–H groups in total. The maximum Gasteiger partial charge on any atom is 0.138 e. The van der Waals surface area contributed by atoms with Crippen LogP contribution in [0.5, 0.6) is 5.75 Å². The molecule has 0 atom stereocenters. The van der Waals surface area contributed by atoms with Crippen LogP contribution in [-0.2, 0) is 0 Å². The largest absolute Gasteiger partial charge is 0.508 e. The molecule has 17 heavy (non-hydrogen) atoms. The Bertz CT molecular complexity index is 686. The van der Waals surface area contributed by atoms with Crippen molar-refractivity contribution < 1.29 is 5.11 Å².